The second-order valence-electron chi connectivity index (χ2n) is 10.1. The summed E-state index contributed by atoms with van der Waals surface area (Å²) in [4.78, 5) is 0. The highest BCUT2D eigenvalue weighted by Crippen LogP contribution is 2.48. The quantitative estimate of drug-likeness (QED) is 0.651. The number of aliphatic hydroxyl groups excluding tert-OH is 1. The SMILES string of the molecule is COC1=C2C(=CCC1O)OC(Cc1cccc(C)c1F)C1=C2C=CC2NC(C)(C)C=C(C)C12. The Balaban J connectivity index is 1.69. The molecule has 0 spiro atoms. The van der Waals surface area contributed by atoms with Gasteiger partial charge >= 0.3 is 0 Å². The monoisotopic (exact) mass is 449 g/mol. The van der Waals surface area contributed by atoms with Gasteiger partial charge in [0, 0.05) is 30.3 Å². The Morgan fingerprint density at radius 3 is 2.82 bits per heavy atom. The van der Waals surface area contributed by atoms with Crippen LogP contribution in [0.4, 0.5) is 4.39 Å². The van der Waals surface area contributed by atoms with Crippen LogP contribution in [0.3, 0.4) is 0 Å². The molecular weight excluding hydrogens is 417 g/mol. The third kappa shape index (κ3) is 3.68. The molecule has 1 aromatic carbocycles. The van der Waals surface area contributed by atoms with E-state index in [1.54, 1.807) is 20.1 Å². The molecule has 4 nitrogen and oxygen atoms in total. The van der Waals surface area contributed by atoms with E-state index in [1.807, 2.05) is 18.2 Å². The summed E-state index contributed by atoms with van der Waals surface area (Å²) in [5.41, 5.74) is 5.40. The Morgan fingerprint density at radius 2 is 2.06 bits per heavy atom. The number of aryl methyl sites for hydroxylation is 1. The smallest absolute Gasteiger partial charge is 0.136 e. The maximum absolute atomic E-state index is 15.0. The standard InChI is InChI=1S/C28H32FNO3/c1-15-7-6-8-17(26(15)29)13-22-24-18(25-21(33-22)12-11-20(31)27(25)32-5)9-10-19-23(24)16(2)14-28(3,4)30-19/h6-10,12,14,19-20,22-23,30-31H,11,13H2,1-5H3. The molecule has 2 N–H and O–H groups in total. The van der Waals surface area contributed by atoms with Crippen molar-refractivity contribution in [2.75, 3.05) is 7.11 Å². The lowest BCUT2D eigenvalue weighted by atomic mass is 9.69. The third-order valence-corrected chi connectivity index (χ3v) is 7.20. The topological polar surface area (TPSA) is 50.7 Å². The van der Waals surface area contributed by atoms with Crippen molar-refractivity contribution in [2.45, 2.75) is 64.3 Å². The van der Waals surface area contributed by atoms with E-state index in [-0.39, 0.29) is 29.4 Å². The summed E-state index contributed by atoms with van der Waals surface area (Å²) < 4.78 is 27.3. The van der Waals surface area contributed by atoms with Gasteiger partial charge in [-0.1, -0.05) is 42.0 Å². The van der Waals surface area contributed by atoms with Gasteiger partial charge in [-0.15, -0.1) is 0 Å². The van der Waals surface area contributed by atoms with Crippen molar-refractivity contribution in [1.29, 1.82) is 0 Å². The van der Waals surface area contributed by atoms with Gasteiger partial charge in [0.25, 0.3) is 0 Å². The van der Waals surface area contributed by atoms with E-state index in [1.165, 1.54) is 5.57 Å². The lowest BCUT2D eigenvalue weighted by molar-refractivity contribution is 0.0963. The summed E-state index contributed by atoms with van der Waals surface area (Å²) in [6, 6.07) is 5.65. The summed E-state index contributed by atoms with van der Waals surface area (Å²) in [5.74, 6) is 1.16. The summed E-state index contributed by atoms with van der Waals surface area (Å²) in [5, 5.41) is 14.3. The van der Waals surface area contributed by atoms with E-state index < -0.39 is 6.10 Å². The van der Waals surface area contributed by atoms with Crippen LogP contribution in [0, 0.1) is 18.7 Å². The Bertz CT molecular complexity index is 1150. The van der Waals surface area contributed by atoms with Crippen LogP contribution >= 0.6 is 0 Å². The zero-order valence-corrected chi connectivity index (χ0v) is 19.9. The van der Waals surface area contributed by atoms with Crippen LogP contribution in [0.15, 0.2) is 76.3 Å². The second kappa shape index (κ2) is 8.00. The summed E-state index contributed by atoms with van der Waals surface area (Å²) in [6.07, 6.45) is 8.38. The molecular formula is C28H32FNO3. The minimum absolute atomic E-state index is 0.0853. The number of allylic oxidation sites excluding steroid dienone is 2. The first kappa shape index (κ1) is 22.2. The molecule has 0 fully saturated rings. The normalized spacial score (nSPS) is 30.0. The van der Waals surface area contributed by atoms with E-state index in [4.69, 9.17) is 9.47 Å². The summed E-state index contributed by atoms with van der Waals surface area (Å²) >= 11 is 0. The molecule has 5 rings (SSSR count). The minimum atomic E-state index is -0.706. The van der Waals surface area contributed by atoms with Crippen LogP contribution in [0.2, 0.25) is 0 Å². The highest BCUT2D eigenvalue weighted by Gasteiger charge is 2.45. The molecule has 2 aliphatic heterocycles. The third-order valence-electron chi connectivity index (χ3n) is 7.20. The molecule has 0 amide bonds. The Morgan fingerprint density at radius 1 is 1.27 bits per heavy atom. The van der Waals surface area contributed by atoms with Crippen LogP contribution in [-0.2, 0) is 15.9 Å². The van der Waals surface area contributed by atoms with E-state index in [9.17, 15) is 5.11 Å². The number of hydrogen-bond donors (Lipinski definition) is 2. The van der Waals surface area contributed by atoms with Gasteiger partial charge in [-0.25, -0.2) is 4.39 Å². The first-order chi connectivity index (χ1) is 15.7. The van der Waals surface area contributed by atoms with Crippen LogP contribution < -0.4 is 5.32 Å². The number of hydrogen-bond acceptors (Lipinski definition) is 4. The molecule has 174 valence electrons. The molecule has 2 heterocycles. The number of fused-ring (bicyclic) bond motifs is 4. The van der Waals surface area contributed by atoms with E-state index in [0.717, 1.165) is 16.7 Å². The number of halogens is 1. The van der Waals surface area contributed by atoms with E-state index >= 15 is 4.39 Å². The fourth-order valence-corrected chi connectivity index (χ4v) is 5.92. The molecule has 0 bridgehead atoms. The van der Waals surface area contributed by atoms with Crippen molar-refractivity contribution < 1.29 is 19.0 Å². The van der Waals surface area contributed by atoms with Gasteiger partial charge < -0.3 is 19.9 Å². The highest BCUT2D eigenvalue weighted by molar-refractivity contribution is 5.62. The van der Waals surface area contributed by atoms with Crippen LogP contribution in [0.5, 0.6) is 0 Å². The van der Waals surface area contributed by atoms with Crippen molar-refractivity contribution in [1.82, 2.24) is 5.32 Å². The number of nitrogens with one attached hydrogen (secondary N) is 1. The molecule has 0 saturated carbocycles. The second-order valence-corrected chi connectivity index (χ2v) is 10.1. The molecule has 2 aliphatic carbocycles. The average Bonchev–Trinajstić information content (AvgIpc) is 2.75. The molecule has 33 heavy (non-hydrogen) atoms. The van der Waals surface area contributed by atoms with Gasteiger partial charge in [-0.3, -0.25) is 0 Å². The number of ether oxygens (including phenoxy) is 2. The largest absolute Gasteiger partial charge is 0.498 e. The lowest BCUT2D eigenvalue weighted by Gasteiger charge is -2.47. The molecule has 4 aliphatic rings. The summed E-state index contributed by atoms with van der Waals surface area (Å²) in [7, 11) is 1.59. The van der Waals surface area contributed by atoms with Crippen LogP contribution in [0.25, 0.3) is 0 Å². The van der Waals surface area contributed by atoms with Crippen LogP contribution in [-0.4, -0.2) is 36.0 Å². The molecule has 4 atom stereocenters. The van der Waals surface area contributed by atoms with Gasteiger partial charge in [0.2, 0.25) is 0 Å². The number of benzene rings is 1. The first-order valence-corrected chi connectivity index (χ1v) is 11.7. The maximum atomic E-state index is 15.0. The predicted octanol–water partition coefficient (Wildman–Crippen LogP) is 4.80. The van der Waals surface area contributed by atoms with Crippen LogP contribution in [0.1, 0.15) is 38.3 Å². The van der Waals surface area contributed by atoms with Crippen molar-refractivity contribution >= 4 is 0 Å². The predicted molar refractivity (Wildman–Crippen MR) is 127 cm³/mol. The van der Waals surface area contributed by atoms with Crippen molar-refractivity contribution in [3.63, 3.8) is 0 Å². The first-order valence-electron chi connectivity index (χ1n) is 11.7. The molecule has 4 unspecified atom stereocenters. The molecule has 5 heteroatoms. The molecule has 0 aromatic heterocycles. The fraction of sp³-hybridized carbons (Fsp3) is 0.429. The Kier molecular flexibility index (Phi) is 5.37. The minimum Gasteiger partial charge on any atom is -0.498 e. The molecule has 0 saturated heterocycles. The number of aliphatic hydroxyl groups is 1. The zero-order chi connectivity index (χ0) is 23.5. The summed E-state index contributed by atoms with van der Waals surface area (Å²) in [6.45, 7) is 8.30. The van der Waals surface area contributed by atoms with Gasteiger partial charge in [-0.05, 0) is 56.0 Å². The fourth-order valence-electron chi connectivity index (χ4n) is 5.92. The highest BCUT2D eigenvalue weighted by atomic mass is 19.1. The Hall–Kier alpha value is -2.63. The number of rotatable bonds is 3. The van der Waals surface area contributed by atoms with Gasteiger partial charge in [0.1, 0.15) is 29.5 Å². The Labute approximate surface area is 195 Å². The van der Waals surface area contributed by atoms with Crippen molar-refractivity contribution in [2.24, 2.45) is 5.92 Å². The average molecular weight is 450 g/mol. The van der Waals surface area contributed by atoms with E-state index in [0.29, 0.717) is 35.5 Å². The molecule has 1 aromatic rings. The van der Waals surface area contributed by atoms with Gasteiger partial charge in [0.05, 0.1) is 12.7 Å². The van der Waals surface area contributed by atoms with Crippen molar-refractivity contribution in [3.8, 4) is 0 Å². The van der Waals surface area contributed by atoms with Gasteiger partial charge in [0.15, 0.2) is 0 Å². The zero-order valence-electron chi connectivity index (χ0n) is 19.9. The van der Waals surface area contributed by atoms with Crippen molar-refractivity contribution in [3.05, 3.63) is 93.3 Å². The lowest BCUT2D eigenvalue weighted by Crippen LogP contribution is -2.54. The molecule has 0 radical (unpaired) electrons. The van der Waals surface area contributed by atoms with Gasteiger partial charge in [-0.2, -0.15) is 0 Å². The number of methoxy groups -OCH3 is 1. The maximum Gasteiger partial charge on any atom is 0.136 e. The van der Waals surface area contributed by atoms with E-state index in [2.05, 4.69) is 44.3 Å².